The number of nitrogens with one attached hydrogen (secondary N) is 1. The van der Waals surface area contributed by atoms with Crippen molar-refractivity contribution in [2.45, 2.75) is 12.6 Å². The zero-order chi connectivity index (χ0) is 18.3. The number of hydrogen-bond acceptors (Lipinski definition) is 4. The van der Waals surface area contributed by atoms with Crippen LogP contribution in [0.4, 0.5) is 0 Å². The molecule has 0 spiro atoms. The van der Waals surface area contributed by atoms with Gasteiger partial charge in [0.1, 0.15) is 6.16 Å². The minimum atomic E-state index is -3.26. The van der Waals surface area contributed by atoms with E-state index < -0.39 is 7.72 Å². The fourth-order valence-corrected chi connectivity index (χ4v) is 4.33. The van der Waals surface area contributed by atoms with Crippen LogP contribution in [-0.2, 0) is 17.4 Å². The number of carbonyl (C=O) groups is 1. The van der Waals surface area contributed by atoms with E-state index in [-0.39, 0.29) is 24.7 Å². The Morgan fingerprint density at radius 1 is 1.00 bits per heavy atom. The average molecular weight is 401 g/mol. The summed E-state index contributed by atoms with van der Waals surface area (Å²) in [5.74, 6) is -0.205. The molecule has 2 aromatic rings. The van der Waals surface area contributed by atoms with Crippen molar-refractivity contribution < 1.29 is 14.6 Å². The highest BCUT2D eigenvalue weighted by Gasteiger charge is 2.36. The van der Waals surface area contributed by atoms with Crippen molar-refractivity contribution in [3.63, 3.8) is 0 Å². The molecule has 134 valence electrons. The summed E-state index contributed by atoms with van der Waals surface area (Å²) in [6.45, 7) is 0.698. The Morgan fingerprint density at radius 3 is 2.40 bits per heavy atom. The van der Waals surface area contributed by atoms with Gasteiger partial charge in [-0.25, -0.2) is 9.79 Å². The van der Waals surface area contributed by atoms with E-state index >= 15 is 0 Å². The van der Waals surface area contributed by atoms with Gasteiger partial charge in [0, 0.05) is 0 Å². The Bertz CT molecular complexity index is 711. The summed E-state index contributed by atoms with van der Waals surface area (Å²) >= 11 is 11.8. The largest absolute Gasteiger partial charge is 0.310 e. The first-order valence-corrected chi connectivity index (χ1v) is 10.7. The van der Waals surface area contributed by atoms with Crippen LogP contribution in [0.2, 0.25) is 10.0 Å². The highest BCUT2D eigenvalue weighted by molar-refractivity contribution is 7.64. The Balaban J connectivity index is 1.71. The molecular formula is C18H21Cl2NO3P+. The van der Waals surface area contributed by atoms with Gasteiger partial charge in [0.2, 0.25) is 0 Å². The second kappa shape index (κ2) is 9.63. The van der Waals surface area contributed by atoms with E-state index in [0.717, 1.165) is 11.1 Å². The van der Waals surface area contributed by atoms with E-state index in [4.69, 9.17) is 23.2 Å². The van der Waals surface area contributed by atoms with Crippen molar-refractivity contribution in [1.29, 1.82) is 0 Å². The van der Waals surface area contributed by atoms with Crippen LogP contribution in [-0.4, -0.2) is 34.8 Å². The molecule has 0 saturated carbocycles. The van der Waals surface area contributed by atoms with Crippen molar-refractivity contribution in [2.75, 3.05) is 19.3 Å². The standard InChI is InChI=1S/C18H21Cl2NO3P/c19-17-7-6-14(10-18(17)20)8-9-21-11-16(22)13-25(23,24)12-15-4-2-1-3-5-15/h1-7,10,21,23-24H,8-9,11-13H2/q+1. The minimum Gasteiger partial charge on any atom is -0.310 e. The topological polar surface area (TPSA) is 69.6 Å². The zero-order valence-electron chi connectivity index (χ0n) is 13.7. The Morgan fingerprint density at radius 2 is 1.72 bits per heavy atom. The van der Waals surface area contributed by atoms with Crippen molar-refractivity contribution in [3.05, 3.63) is 69.7 Å². The maximum absolute atomic E-state index is 12.0. The zero-order valence-corrected chi connectivity index (χ0v) is 16.1. The fraction of sp³-hybridized carbons (Fsp3) is 0.278. The highest BCUT2D eigenvalue weighted by atomic mass is 35.5. The molecule has 25 heavy (non-hydrogen) atoms. The van der Waals surface area contributed by atoms with Crippen LogP contribution in [0.1, 0.15) is 11.1 Å². The molecule has 0 aliphatic rings. The SMILES string of the molecule is O=C(CNCCc1ccc(Cl)c(Cl)c1)C[P+](O)(O)Cc1ccccc1. The normalized spacial score (nSPS) is 11.5. The lowest BCUT2D eigenvalue weighted by Gasteiger charge is -2.12. The number of benzene rings is 2. The lowest BCUT2D eigenvalue weighted by Crippen LogP contribution is -2.28. The smallest absolute Gasteiger partial charge is 0.279 e. The van der Waals surface area contributed by atoms with Crippen LogP contribution in [0.25, 0.3) is 0 Å². The molecule has 0 bridgehead atoms. The van der Waals surface area contributed by atoms with E-state index in [1.807, 2.05) is 36.4 Å². The highest BCUT2D eigenvalue weighted by Crippen LogP contribution is 2.52. The maximum atomic E-state index is 12.0. The minimum absolute atomic E-state index is 0.110. The van der Waals surface area contributed by atoms with Gasteiger partial charge in [-0.2, -0.15) is 0 Å². The van der Waals surface area contributed by atoms with Gasteiger partial charge in [-0.15, -0.1) is 0 Å². The predicted octanol–water partition coefficient (Wildman–Crippen LogP) is 3.73. The second-order valence-corrected chi connectivity index (χ2v) is 9.10. The van der Waals surface area contributed by atoms with Crippen LogP contribution in [0.5, 0.6) is 0 Å². The third-order valence-electron chi connectivity index (χ3n) is 3.60. The molecule has 4 nitrogen and oxygen atoms in total. The molecule has 0 heterocycles. The molecule has 0 fully saturated rings. The lowest BCUT2D eigenvalue weighted by molar-refractivity contribution is -0.116. The van der Waals surface area contributed by atoms with E-state index in [9.17, 15) is 14.6 Å². The number of rotatable bonds is 9. The monoisotopic (exact) mass is 400 g/mol. The Labute approximate surface area is 158 Å². The van der Waals surface area contributed by atoms with Crippen LogP contribution in [0.3, 0.4) is 0 Å². The molecule has 0 unspecified atom stereocenters. The summed E-state index contributed by atoms with van der Waals surface area (Å²) in [6, 6.07) is 14.6. The molecule has 0 aliphatic heterocycles. The third kappa shape index (κ3) is 7.41. The summed E-state index contributed by atoms with van der Waals surface area (Å²) < 4.78 is 0. The summed E-state index contributed by atoms with van der Waals surface area (Å²) in [5.41, 5.74) is 1.84. The van der Waals surface area contributed by atoms with Gasteiger partial charge in [-0.1, -0.05) is 59.6 Å². The number of halogens is 2. The molecule has 0 aromatic heterocycles. The number of Topliss-reactive ketones (excluding diaryl/α,β-unsaturated/α-hetero) is 1. The summed E-state index contributed by atoms with van der Waals surface area (Å²) in [7, 11) is -3.26. The number of carbonyl (C=O) groups excluding carboxylic acids is 1. The molecule has 0 atom stereocenters. The number of hydrogen-bond donors (Lipinski definition) is 3. The molecule has 0 saturated heterocycles. The van der Waals surface area contributed by atoms with Gasteiger partial charge in [0.25, 0.3) is 7.72 Å². The van der Waals surface area contributed by atoms with E-state index in [1.165, 1.54) is 0 Å². The molecule has 0 aliphatic carbocycles. The van der Waals surface area contributed by atoms with Gasteiger partial charge in [0.05, 0.1) is 16.6 Å². The Hall–Kier alpha value is -1.00. The van der Waals surface area contributed by atoms with Crippen molar-refractivity contribution >= 4 is 36.7 Å². The summed E-state index contributed by atoms with van der Waals surface area (Å²) in [5, 5.41) is 4.04. The maximum Gasteiger partial charge on any atom is 0.279 e. The van der Waals surface area contributed by atoms with Crippen LogP contribution < -0.4 is 5.32 Å². The van der Waals surface area contributed by atoms with E-state index in [2.05, 4.69) is 5.32 Å². The lowest BCUT2D eigenvalue weighted by atomic mass is 10.1. The first-order valence-electron chi connectivity index (χ1n) is 7.88. The quantitative estimate of drug-likeness (QED) is 0.443. The molecule has 3 N–H and O–H groups in total. The fourth-order valence-electron chi connectivity index (χ4n) is 2.43. The summed E-state index contributed by atoms with van der Waals surface area (Å²) in [4.78, 5) is 32.2. The summed E-state index contributed by atoms with van der Waals surface area (Å²) in [6.07, 6.45) is 0.622. The molecule has 7 heteroatoms. The van der Waals surface area contributed by atoms with Crippen LogP contribution >= 0.6 is 30.9 Å². The van der Waals surface area contributed by atoms with Crippen molar-refractivity contribution in [2.24, 2.45) is 0 Å². The molecular weight excluding hydrogens is 380 g/mol. The molecule has 0 amide bonds. The van der Waals surface area contributed by atoms with Crippen LogP contribution in [0, 0.1) is 0 Å². The first kappa shape index (κ1) is 20.3. The van der Waals surface area contributed by atoms with Gasteiger partial charge in [-0.3, -0.25) is 4.79 Å². The third-order valence-corrected chi connectivity index (χ3v) is 6.07. The first-order chi connectivity index (χ1) is 11.9. The van der Waals surface area contributed by atoms with Crippen molar-refractivity contribution in [1.82, 2.24) is 5.32 Å². The van der Waals surface area contributed by atoms with Crippen molar-refractivity contribution in [3.8, 4) is 0 Å². The molecule has 2 aromatic carbocycles. The predicted molar refractivity (Wildman–Crippen MR) is 104 cm³/mol. The van der Waals surface area contributed by atoms with Gasteiger partial charge >= 0.3 is 0 Å². The van der Waals surface area contributed by atoms with E-state index in [1.54, 1.807) is 12.1 Å². The molecule has 0 radical (unpaired) electrons. The average Bonchev–Trinajstić information content (AvgIpc) is 2.55. The molecule has 2 rings (SSSR count). The van der Waals surface area contributed by atoms with Crippen LogP contribution in [0.15, 0.2) is 48.5 Å². The number of ketones is 1. The van der Waals surface area contributed by atoms with Gasteiger partial charge in [0.15, 0.2) is 11.9 Å². The van der Waals surface area contributed by atoms with Gasteiger partial charge in [-0.05, 0) is 36.2 Å². The van der Waals surface area contributed by atoms with E-state index in [0.29, 0.717) is 23.0 Å². The Kier molecular flexibility index (Phi) is 7.82. The second-order valence-electron chi connectivity index (χ2n) is 5.89. The van der Waals surface area contributed by atoms with Gasteiger partial charge < -0.3 is 5.32 Å².